The normalized spacial score (nSPS) is 12.8. The van der Waals surface area contributed by atoms with Crippen LogP contribution in [0.25, 0.3) is 0 Å². The largest absolute Gasteiger partial charge is 0.389 e. The zero-order valence-electron chi connectivity index (χ0n) is 6.54. The first-order chi connectivity index (χ1) is 5.61. The molecule has 0 aliphatic rings. The smallest absolute Gasteiger partial charge is 0.344 e. The fraction of sp³-hybridized carbons (Fsp3) is 0.500. The Morgan fingerprint density at radius 2 is 2.58 bits per heavy atom. The van der Waals surface area contributed by atoms with E-state index in [1.807, 2.05) is 0 Å². The van der Waals surface area contributed by atoms with Crippen molar-refractivity contribution in [2.75, 3.05) is 0 Å². The Hall–Kier alpha value is -1.43. The lowest BCUT2D eigenvalue weighted by atomic mass is 10.4. The van der Waals surface area contributed by atoms with Crippen molar-refractivity contribution in [2.45, 2.75) is 19.6 Å². The van der Waals surface area contributed by atoms with Crippen molar-refractivity contribution in [3.63, 3.8) is 0 Å². The van der Waals surface area contributed by atoms with Gasteiger partial charge in [0, 0.05) is 0 Å². The van der Waals surface area contributed by atoms with Gasteiger partial charge < -0.3 is 15.2 Å². The Bertz CT molecular complexity index is 281. The van der Waals surface area contributed by atoms with Crippen molar-refractivity contribution in [3.05, 3.63) is 22.4 Å². The second-order valence-corrected chi connectivity index (χ2v) is 2.48. The van der Waals surface area contributed by atoms with Crippen LogP contribution in [0.4, 0.5) is 5.82 Å². The molecule has 0 amide bonds. The van der Waals surface area contributed by atoms with Crippen molar-refractivity contribution < 1.29 is 10.0 Å². The van der Waals surface area contributed by atoms with E-state index in [4.69, 9.17) is 5.11 Å². The van der Waals surface area contributed by atoms with Gasteiger partial charge in [0.05, 0.1) is 18.4 Å². The highest BCUT2D eigenvalue weighted by Crippen LogP contribution is 2.09. The molecule has 6 heteroatoms. The standard InChI is InChI=1S/C6H9N3O3/c1-5(10)4-8-6(9(11)12)2-3-7-8/h2-3,5,10H,4H2,1H3. The molecule has 0 aliphatic carbocycles. The maximum atomic E-state index is 10.3. The number of nitrogens with zero attached hydrogens (tertiary/aromatic N) is 3. The van der Waals surface area contributed by atoms with Gasteiger partial charge in [0.15, 0.2) is 0 Å². The molecule has 12 heavy (non-hydrogen) atoms. The van der Waals surface area contributed by atoms with Gasteiger partial charge in [-0.15, -0.1) is 4.68 Å². The summed E-state index contributed by atoms with van der Waals surface area (Å²) in [4.78, 5) is 9.80. The lowest BCUT2D eigenvalue weighted by molar-refractivity contribution is -0.392. The molecule has 1 rings (SSSR count). The molecule has 0 aromatic carbocycles. The Balaban J connectivity index is 2.84. The molecular weight excluding hydrogens is 162 g/mol. The molecule has 1 aromatic heterocycles. The summed E-state index contributed by atoms with van der Waals surface area (Å²) in [6.07, 6.45) is 0.698. The van der Waals surface area contributed by atoms with Gasteiger partial charge in [-0.3, -0.25) is 0 Å². The van der Waals surface area contributed by atoms with Gasteiger partial charge >= 0.3 is 5.82 Å². The van der Waals surface area contributed by atoms with Gasteiger partial charge in [-0.25, -0.2) is 0 Å². The van der Waals surface area contributed by atoms with Crippen LogP contribution in [0.5, 0.6) is 0 Å². The van der Waals surface area contributed by atoms with Crippen molar-refractivity contribution in [2.24, 2.45) is 0 Å². The Morgan fingerprint density at radius 3 is 3.08 bits per heavy atom. The van der Waals surface area contributed by atoms with Crippen LogP contribution in [0.2, 0.25) is 0 Å². The van der Waals surface area contributed by atoms with E-state index in [1.165, 1.54) is 12.3 Å². The maximum Gasteiger partial charge on any atom is 0.344 e. The van der Waals surface area contributed by atoms with E-state index >= 15 is 0 Å². The molecule has 0 saturated carbocycles. The van der Waals surface area contributed by atoms with Crippen LogP contribution in [0.3, 0.4) is 0 Å². The minimum Gasteiger partial charge on any atom is -0.389 e. The fourth-order valence-electron chi connectivity index (χ4n) is 0.872. The molecule has 0 aliphatic heterocycles. The van der Waals surface area contributed by atoms with Gasteiger partial charge in [0.1, 0.15) is 6.54 Å². The van der Waals surface area contributed by atoms with E-state index in [9.17, 15) is 10.1 Å². The third-order valence-electron chi connectivity index (χ3n) is 1.32. The Morgan fingerprint density at radius 1 is 1.92 bits per heavy atom. The van der Waals surface area contributed by atoms with E-state index in [0.29, 0.717) is 0 Å². The Labute approximate surface area is 68.6 Å². The highest BCUT2D eigenvalue weighted by atomic mass is 16.6. The lowest BCUT2D eigenvalue weighted by Crippen LogP contribution is -2.14. The van der Waals surface area contributed by atoms with Crippen molar-refractivity contribution in [1.82, 2.24) is 9.78 Å². The third kappa shape index (κ3) is 1.79. The van der Waals surface area contributed by atoms with Crippen LogP contribution in [0.1, 0.15) is 6.92 Å². The van der Waals surface area contributed by atoms with Gasteiger partial charge in [-0.1, -0.05) is 5.10 Å². The van der Waals surface area contributed by atoms with E-state index in [0.717, 1.165) is 4.68 Å². The SMILES string of the molecule is CC(O)Cn1nccc1[N+](=O)[O-]. The summed E-state index contributed by atoms with van der Waals surface area (Å²) in [6, 6.07) is 1.29. The second kappa shape index (κ2) is 3.31. The predicted molar refractivity (Wildman–Crippen MR) is 40.6 cm³/mol. The molecule has 0 spiro atoms. The second-order valence-electron chi connectivity index (χ2n) is 2.48. The summed E-state index contributed by atoms with van der Waals surface area (Å²) in [7, 11) is 0. The Kier molecular flexibility index (Phi) is 2.39. The number of hydrogen-bond donors (Lipinski definition) is 1. The van der Waals surface area contributed by atoms with E-state index < -0.39 is 11.0 Å². The molecule has 0 bridgehead atoms. The minimum absolute atomic E-state index is 0.101. The highest BCUT2D eigenvalue weighted by Gasteiger charge is 2.14. The lowest BCUT2D eigenvalue weighted by Gasteiger charge is -2.00. The van der Waals surface area contributed by atoms with Gasteiger partial charge in [0.2, 0.25) is 0 Å². The molecule has 1 heterocycles. The maximum absolute atomic E-state index is 10.3. The van der Waals surface area contributed by atoms with Crippen LogP contribution >= 0.6 is 0 Å². The van der Waals surface area contributed by atoms with Crippen LogP contribution in [0.15, 0.2) is 12.3 Å². The van der Waals surface area contributed by atoms with Crippen molar-refractivity contribution >= 4 is 5.82 Å². The first kappa shape index (κ1) is 8.66. The summed E-state index contributed by atoms with van der Waals surface area (Å²) < 4.78 is 1.16. The van der Waals surface area contributed by atoms with E-state index in [1.54, 1.807) is 6.92 Å². The molecule has 66 valence electrons. The van der Waals surface area contributed by atoms with Crippen LogP contribution < -0.4 is 0 Å². The molecule has 1 aromatic rings. The molecule has 0 saturated heterocycles. The molecule has 1 atom stereocenters. The molecular formula is C6H9N3O3. The number of nitro groups is 1. The fourth-order valence-corrected chi connectivity index (χ4v) is 0.872. The van der Waals surface area contributed by atoms with Crippen LogP contribution in [0, 0.1) is 10.1 Å². The number of rotatable bonds is 3. The van der Waals surface area contributed by atoms with Gasteiger partial charge in [0.25, 0.3) is 0 Å². The van der Waals surface area contributed by atoms with Crippen molar-refractivity contribution in [3.8, 4) is 0 Å². The number of aliphatic hydroxyl groups is 1. The summed E-state index contributed by atoms with van der Waals surface area (Å²) in [5.41, 5.74) is 0. The van der Waals surface area contributed by atoms with Gasteiger partial charge in [-0.05, 0) is 11.8 Å². The summed E-state index contributed by atoms with van der Waals surface area (Å²) >= 11 is 0. The summed E-state index contributed by atoms with van der Waals surface area (Å²) in [6.45, 7) is 1.69. The molecule has 0 fully saturated rings. The first-order valence-electron chi connectivity index (χ1n) is 3.45. The quantitative estimate of drug-likeness (QED) is 0.519. The number of aliphatic hydroxyl groups excluding tert-OH is 1. The number of hydrogen-bond acceptors (Lipinski definition) is 4. The summed E-state index contributed by atoms with van der Waals surface area (Å²) in [5.74, 6) is -0.101. The molecule has 6 nitrogen and oxygen atoms in total. The average Bonchev–Trinajstić information content (AvgIpc) is 2.33. The van der Waals surface area contributed by atoms with Crippen LogP contribution in [-0.2, 0) is 6.54 Å². The predicted octanol–water partition coefficient (Wildman–Crippen LogP) is 0.172. The monoisotopic (exact) mass is 171 g/mol. The van der Waals surface area contributed by atoms with Crippen LogP contribution in [-0.4, -0.2) is 25.9 Å². The summed E-state index contributed by atoms with van der Waals surface area (Å²) in [5, 5.41) is 23.0. The zero-order valence-corrected chi connectivity index (χ0v) is 6.54. The van der Waals surface area contributed by atoms with E-state index in [2.05, 4.69) is 5.10 Å². The van der Waals surface area contributed by atoms with E-state index in [-0.39, 0.29) is 12.4 Å². The molecule has 1 unspecified atom stereocenters. The topological polar surface area (TPSA) is 81.2 Å². The highest BCUT2D eigenvalue weighted by molar-refractivity contribution is 5.16. The minimum atomic E-state index is -0.636. The third-order valence-corrected chi connectivity index (χ3v) is 1.32. The zero-order chi connectivity index (χ0) is 9.14. The number of aromatic nitrogens is 2. The van der Waals surface area contributed by atoms with Gasteiger partial charge in [-0.2, -0.15) is 0 Å². The van der Waals surface area contributed by atoms with Crippen molar-refractivity contribution in [1.29, 1.82) is 0 Å². The average molecular weight is 171 g/mol. The molecule has 1 N–H and O–H groups in total. The first-order valence-corrected chi connectivity index (χ1v) is 3.45. The molecule has 0 radical (unpaired) electrons.